The van der Waals surface area contributed by atoms with Gasteiger partial charge >= 0.3 is 0 Å². The molecule has 1 saturated carbocycles. The molecule has 5 aliphatic heterocycles. The molecule has 4 saturated heterocycles. The Morgan fingerprint density at radius 2 is 1.68 bits per heavy atom. The molecule has 2 aromatic heterocycles. The van der Waals surface area contributed by atoms with Crippen LogP contribution in [0.3, 0.4) is 0 Å². The topological polar surface area (TPSA) is 156 Å². The number of hydrogen-bond acceptors (Lipinski definition) is 11. The summed E-state index contributed by atoms with van der Waals surface area (Å²) in [5.74, 6) is 2.95. The third kappa shape index (κ3) is 7.96. The maximum absolute atomic E-state index is 13.9. The normalized spacial score (nSPS) is 29.1. The Morgan fingerprint density at radius 1 is 0.935 bits per heavy atom. The van der Waals surface area contributed by atoms with Crippen LogP contribution in [0.15, 0.2) is 59.8 Å². The average molecular weight is 847 g/mol. The number of carbonyl (C=O) groups excluding carboxylic acids is 3. The molecule has 62 heavy (non-hydrogen) atoms. The van der Waals surface area contributed by atoms with Gasteiger partial charge in [0.15, 0.2) is 0 Å². The van der Waals surface area contributed by atoms with Gasteiger partial charge in [0, 0.05) is 68.3 Å². The number of pyridine rings is 1. The number of aliphatic hydroxyl groups excluding tert-OH is 1. The van der Waals surface area contributed by atoms with Gasteiger partial charge in [-0.3, -0.25) is 29.7 Å². The molecule has 10 rings (SSSR count). The van der Waals surface area contributed by atoms with E-state index in [-0.39, 0.29) is 35.3 Å². The molecule has 7 aliphatic rings. The number of carbonyl (C=O) groups is 3. The summed E-state index contributed by atoms with van der Waals surface area (Å²) in [7, 11) is 1.59. The summed E-state index contributed by atoms with van der Waals surface area (Å²) >= 11 is 0. The second-order valence-electron chi connectivity index (χ2n) is 19.7. The van der Waals surface area contributed by atoms with E-state index in [2.05, 4.69) is 63.2 Å². The summed E-state index contributed by atoms with van der Waals surface area (Å²) in [6.07, 6.45) is 15.4. The Bertz CT molecular complexity index is 2260. The van der Waals surface area contributed by atoms with Crippen molar-refractivity contribution in [3.05, 3.63) is 59.8 Å². The average Bonchev–Trinajstić information content (AvgIpc) is 3.75. The largest absolute Gasteiger partial charge is 0.488 e. The molecule has 3 N–H and O–H groups in total. The first-order valence-electron chi connectivity index (χ1n) is 23.1. The first kappa shape index (κ1) is 41.4. The number of aromatic amines is 1. The fourth-order valence-corrected chi connectivity index (χ4v) is 11.4. The first-order valence-corrected chi connectivity index (χ1v) is 23.1. The number of methoxy groups -OCH3 is 1. The quantitative estimate of drug-likeness (QED) is 0.220. The second kappa shape index (κ2) is 16.5. The summed E-state index contributed by atoms with van der Waals surface area (Å²) in [6, 6.07) is 9.78. The van der Waals surface area contributed by atoms with Gasteiger partial charge in [-0.15, -0.1) is 0 Å². The lowest BCUT2D eigenvalue weighted by molar-refractivity contribution is -0.149. The minimum absolute atomic E-state index is 0.0324. The third-order valence-corrected chi connectivity index (χ3v) is 15.4. The number of benzene rings is 1. The van der Waals surface area contributed by atoms with Crippen LogP contribution in [0.2, 0.25) is 0 Å². The standard InChI is InChI=1S/C48H62N8O6/c1-47(16-8-35-37(29-47)45(60)56(46(35)61-3)39-6-7-41(57)50-43(39)58)55-24-14-32(15-25-55)44(59)54-22-12-31(13-23-54)26-30-10-20-53(21-11-30)40-27-33(9-19-49-40)42-36-28-34(62-48(2)17-18-48)4-5-38(36)51-52-42/h4-5,8-9,16,19,27-28,30-32,39,45-46,60H,6-7,10-15,17-18,20-26,29H2,1-3H3,(H,51,52)(H,50,57,58). The SMILES string of the molecule is COC1C2=C(CC(C)(N3CCC(C(=O)N4CCC(CC5CCN(c6cc(-c7n[nH]c8ccc(OC9(C)CC9)cc78)ccn6)CC5)CC4)CC3)C=C2)C(O)N1C1CCC(=O)NC1=O. The molecule has 3 amide bonds. The number of nitrogens with zero attached hydrogens (tertiary/aromatic N) is 6. The number of piperidine rings is 4. The molecule has 7 heterocycles. The number of rotatable bonds is 10. The highest BCUT2D eigenvalue weighted by atomic mass is 16.5. The van der Waals surface area contributed by atoms with Crippen molar-refractivity contribution in [2.45, 2.75) is 121 Å². The lowest BCUT2D eigenvalue weighted by atomic mass is 9.81. The summed E-state index contributed by atoms with van der Waals surface area (Å²) in [5.41, 5.74) is 4.38. The number of aliphatic hydroxyl groups is 1. The first-order chi connectivity index (χ1) is 30.0. The Hall–Kier alpha value is -4.63. The van der Waals surface area contributed by atoms with Gasteiger partial charge in [0.05, 0.1) is 11.6 Å². The van der Waals surface area contributed by atoms with Crippen molar-refractivity contribution >= 4 is 34.4 Å². The number of likely N-dealkylation sites (tertiary alicyclic amines) is 2. The van der Waals surface area contributed by atoms with Gasteiger partial charge in [-0.05, 0) is 151 Å². The molecule has 4 atom stereocenters. The summed E-state index contributed by atoms with van der Waals surface area (Å²) in [6.45, 7) is 9.69. The predicted octanol–water partition coefficient (Wildman–Crippen LogP) is 5.54. The van der Waals surface area contributed by atoms with Crippen molar-refractivity contribution in [1.82, 2.24) is 35.2 Å². The number of imide groups is 1. The van der Waals surface area contributed by atoms with Crippen molar-refractivity contribution in [3.8, 4) is 17.0 Å². The van der Waals surface area contributed by atoms with E-state index in [4.69, 9.17) is 19.6 Å². The van der Waals surface area contributed by atoms with Crippen LogP contribution in [0.5, 0.6) is 5.75 Å². The number of ether oxygens (including phenoxy) is 2. The van der Waals surface area contributed by atoms with E-state index in [0.29, 0.717) is 30.6 Å². The van der Waals surface area contributed by atoms with Crippen LogP contribution in [-0.4, -0.2) is 129 Å². The van der Waals surface area contributed by atoms with E-state index in [1.54, 1.807) is 12.0 Å². The molecular weight excluding hydrogens is 785 g/mol. The third-order valence-electron chi connectivity index (χ3n) is 15.4. The van der Waals surface area contributed by atoms with E-state index >= 15 is 0 Å². The summed E-state index contributed by atoms with van der Waals surface area (Å²) in [4.78, 5) is 52.0. The molecule has 14 heteroatoms. The van der Waals surface area contributed by atoms with Gasteiger partial charge in [0.2, 0.25) is 17.7 Å². The number of H-pyrrole nitrogens is 1. The fourth-order valence-electron chi connectivity index (χ4n) is 11.4. The maximum Gasteiger partial charge on any atom is 0.244 e. The van der Waals surface area contributed by atoms with Crippen molar-refractivity contribution in [1.29, 1.82) is 0 Å². The highest BCUT2D eigenvalue weighted by Gasteiger charge is 2.50. The molecule has 4 unspecified atom stereocenters. The van der Waals surface area contributed by atoms with Gasteiger partial charge in [-0.25, -0.2) is 9.88 Å². The van der Waals surface area contributed by atoms with Gasteiger partial charge in [0.1, 0.15) is 35.3 Å². The molecule has 3 aromatic rings. The number of amides is 3. The monoisotopic (exact) mass is 846 g/mol. The molecular formula is C48H62N8O6. The van der Waals surface area contributed by atoms with Crippen molar-refractivity contribution < 1.29 is 29.0 Å². The Labute approximate surface area is 364 Å². The molecule has 0 spiro atoms. The highest BCUT2D eigenvalue weighted by molar-refractivity contribution is 6.00. The van der Waals surface area contributed by atoms with Gasteiger partial charge in [-0.2, -0.15) is 5.10 Å². The van der Waals surface area contributed by atoms with E-state index in [0.717, 1.165) is 136 Å². The summed E-state index contributed by atoms with van der Waals surface area (Å²) < 4.78 is 12.1. The Balaban J connectivity index is 0.675. The molecule has 14 nitrogen and oxygen atoms in total. The smallest absolute Gasteiger partial charge is 0.244 e. The van der Waals surface area contributed by atoms with Gasteiger partial charge < -0.3 is 24.4 Å². The number of anilines is 1. The van der Waals surface area contributed by atoms with Gasteiger partial charge in [0.25, 0.3) is 0 Å². The lowest BCUT2D eigenvalue weighted by Crippen LogP contribution is -2.57. The zero-order valence-corrected chi connectivity index (χ0v) is 36.5. The lowest BCUT2D eigenvalue weighted by Gasteiger charge is -2.46. The van der Waals surface area contributed by atoms with Gasteiger partial charge in [-0.1, -0.05) is 12.2 Å². The summed E-state index contributed by atoms with van der Waals surface area (Å²) in [5, 5.41) is 23.0. The van der Waals surface area contributed by atoms with Crippen LogP contribution in [0.25, 0.3) is 22.2 Å². The minimum Gasteiger partial charge on any atom is -0.488 e. The number of aromatic nitrogens is 3. The maximum atomic E-state index is 13.9. The van der Waals surface area contributed by atoms with E-state index in [1.807, 2.05) is 24.4 Å². The van der Waals surface area contributed by atoms with E-state index in [9.17, 15) is 19.5 Å². The minimum atomic E-state index is -0.973. The van der Waals surface area contributed by atoms with Crippen LogP contribution < -0.4 is 15.0 Å². The number of hydrogen-bond donors (Lipinski definition) is 3. The van der Waals surface area contributed by atoms with Crippen LogP contribution in [0, 0.1) is 17.8 Å². The number of nitrogens with one attached hydrogen (secondary N) is 2. The van der Waals surface area contributed by atoms with Crippen LogP contribution >= 0.6 is 0 Å². The highest BCUT2D eigenvalue weighted by Crippen LogP contribution is 2.45. The van der Waals surface area contributed by atoms with Crippen molar-refractivity contribution in [2.24, 2.45) is 17.8 Å². The number of fused-ring (bicyclic) bond motifs is 1. The molecule has 0 radical (unpaired) electrons. The molecule has 1 aromatic carbocycles. The van der Waals surface area contributed by atoms with Crippen LogP contribution in [0.4, 0.5) is 5.82 Å². The Kier molecular flexibility index (Phi) is 11.0. The molecule has 5 fully saturated rings. The fraction of sp³-hybridized carbons (Fsp3) is 0.604. The zero-order chi connectivity index (χ0) is 42.8. The van der Waals surface area contributed by atoms with Crippen molar-refractivity contribution in [3.63, 3.8) is 0 Å². The zero-order valence-electron chi connectivity index (χ0n) is 36.5. The predicted molar refractivity (Wildman–Crippen MR) is 235 cm³/mol. The molecule has 0 bridgehead atoms. The molecule has 2 aliphatic carbocycles. The second-order valence-corrected chi connectivity index (χ2v) is 19.7. The van der Waals surface area contributed by atoms with Crippen LogP contribution in [0.1, 0.15) is 90.9 Å². The van der Waals surface area contributed by atoms with E-state index < -0.39 is 18.5 Å². The Morgan fingerprint density at radius 3 is 2.39 bits per heavy atom. The molecule has 330 valence electrons. The van der Waals surface area contributed by atoms with E-state index in [1.165, 1.54) is 6.42 Å². The van der Waals surface area contributed by atoms with Crippen molar-refractivity contribution in [2.75, 3.05) is 51.3 Å². The van der Waals surface area contributed by atoms with Crippen LogP contribution in [-0.2, 0) is 19.1 Å².